The molecule has 0 aromatic heterocycles. The molecule has 0 atom stereocenters. The molecular formula is C24H24N2O7. The number of nitrogens with one attached hydrogen (secondary N) is 1. The van der Waals surface area contributed by atoms with Crippen molar-refractivity contribution in [1.82, 2.24) is 5.32 Å². The number of hydrogen-bond donors (Lipinski definition) is 1. The van der Waals surface area contributed by atoms with Crippen LogP contribution < -0.4 is 19.7 Å². The first kappa shape index (κ1) is 23.5. The van der Waals surface area contributed by atoms with E-state index in [9.17, 15) is 19.2 Å². The second-order valence-corrected chi connectivity index (χ2v) is 7.31. The quantitative estimate of drug-likeness (QED) is 0.391. The number of ether oxygens (including phenoxy) is 3. The summed E-state index contributed by atoms with van der Waals surface area (Å²) in [5.41, 5.74) is 2.36. The zero-order valence-electron chi connectivity index (χ0n) is 18.8. The fraction of sp³-hybridized carbons (Fsp3) is 0.250. The molecule has 3 rings (SSSR count). The molecular weight excluding hydrogens is 428 g/mol. The van der Waals surface area contributed by atoms with Crippen LogP contribution in [0.25, 0.3) is 6.08 Å². The predicted molar refractivity (Wildman–Crippen MR) is 120 cm³/mol. The molecule has 0 bridgehead atoms. The van der Waals surface area contributed by atoms with Crippen LogP contribution in [0.4, 0.5) is 10.5 Å². The van der Waals surface area contributed by atoms with Crippen LogP contribution in [-0.4, -0.2) is 44.1 Å². The van der Waals surface area contributed by atoms with Crippen LogP contribution >= 0.6 is 0 Å². The summed E-state index contributed by atoms with van der Waals surface area (Å²) in [4.78, 5) is 50.4. The van der Waals surface area contributed by atoms with Crippen LogP contribution in [0.1, 0.15) is 23.6 Å². The van der Waals surface area contributed by atoms with Crippen molar-refractivity contribution in [2.45, 2.75) is 20.8 Å². The number of aryl methyl sites for hydroxylation is 2. The van der Waals surface area contributed by atoms with E-state index in [-0.39, 0.29) is 18.8 Å². The van der Waals surface area contributed by atoms with Gasteiger partial charge in [0.15, 0.2) is 18.1 Å². The second kappa shape index (κ2) is 9.99. The summed E-state index contributed by atoms with van der Waals surface area (Å²) in [5.74, 6) is -1.48. The van der Waals surface area contributed by atoms with Crippen LogP contribution in [0.5, 0.6) is 11.5 Å². The summed E-state index contributed by atoms with van der Waals surface area (Å²) in [6, 6.07) is 9.16. The van der Waals surface area contributed by atoms with Gasteiger partial charge in [0.25, 0.3) is 11.8 Å². The van der Waals surface area contributed by atoms with Crippen LogP contribution in [0.2, 0.25) is 0 Å². The molecule has 1 heterocycles. The summed E-state index contributed by atoms with van der Waals surface area (Å²) in [5, 5.41) is 2.20. The van der Waals surface area contributed by atoms with Crippen molar-refractivity contribution < 1.29 is 33.4 Å². The first-order chi connectivity index (χ1) is 15.7. The Labute approximate surface area is 190 Å². The van der Waals surface area contributed by atoms with Gasteiger partial charge in [-0.3, -0.25) is 14.9 Å². The Kier molecular flexibility index (Phi) is 7.12. The van der Waals surface area contributed by atoms with Gasteiger partial charge >= 0.3 is 12.0 Å². The highest BCUT2D eigenvalue weighted by Gasteiger charge is 2.37. The van der Waals surface area contributed by atoms with Gasteiger partial charge in [-0.1, -0.05) is 12.1 Å². The molecule has 33 heavy (non-hydrogen) atoms. The van der Waals surface area contributed by atoms with Crippen molar-refractivity contribution in [3.8, 4) is 11.5 Å². The molecule has 2 aromatic carbocycles. The minimum absolute atomic E-state index is 0.212. The third-order valence-electron chi connectivity index (χ3n) is 4.72. The molecule has 9 nitrogen and oxygen atoms in total. The number of rotatable bonds is 7. The minimum atomic E-state index is -0.813. The summed E-state index contributed by atoms with van der Waals surface area (Å²) in [6.07, 6.45) is 1.36. The fourth-order valence-electron chi connectivity index (χ4n) is 3.37. The molecule has 0 spiro atoms. The Morgan fingerprint density at radius 2 is 1.73 bits per heavy atom. The molecule has 1 aliphatic rings. The number of anilines is 1. The molecule has 2 aromatic rings. The number of methoxy groups -OCH3 is 1. The normalized spacial score (nSPS) is 14.8. The average Bonchev–Trinajstić information content (AvgIpc) is 2.75. The standard InChI is InChI=1S/C24H24N2O7/c1-5-32-21(27)13-33-19-7-6-16(12-20(19)31-4)11-18-22(28)25-24(30)26(23(18)29)17-9-14(2)8-15(3)10-17/h6-12H,5,13H2,1-4H3,(H,25,28,30)/b18-11-. The second-order valence-electron chi connectivity index (χ2n) is 7.31. The van der Waals surface area contributed by atoms with Crippen LogP contribution in [-0.2, 0) is 19.1 Å². The molecule has 1 fully saturated rings. The SMILES string of the molecule is CCOC(=O)COc1ccc(/C=C2/C(=O)NC(=O)N(c3cc(C)cc(C)c3)C2=O)cc1OC. The highest BCUT2D eigenvalue weighted by Crippen LogP contribution is 2.30. The van der Waals surface area contributed by atoms with Gasteiger partial charge in [0, 0.05) is 0 Å². The molecule has 9 heteroatoms. The number of imide groups is 2. The Balaban J connectivity index is 1.90. The third-order valence-corrected chi connectivity index (χ3v) is 4.72. The smallest absolute Gasteiger partial charge is 0.344 e. The number of esters is 1. The van der Waals surface area contributed by atoms with Crippen LogP contribution in [0, 0.1) is 13.8 Å². The number of hydrogen-bond acceptors (Lipinski definition) is 7. The zero-order chi connectivity index (χ0) is 24.1. The Morgan fingerprint density at radius 1 is 1.03 bits per heavy atom. The highest BCUT2D eigenvalue weighted by molar-refractivity contribution is 6.39. The van der Waals surface area contributed by atoms with E-state index in [1.165, 1.54) is 13.2 Å². The molecule has 0 aliphatic carbocycles. The first-order valence-electron chi connectivity index (χ1n) is 10.2. The molecule has 0 radical (unpaired) electrons. The van der Waals surface area contributed by atoms with Gasteiger partial charge in [-0.15, -0.1) is 0 Å². The van der Waals surface area contributed by atoms with E-state index >= 15 is 0 Å². The van der Waals surface area contributed by atoms with E-state index in [0.29, 0.717) is 22.7 Å². The Hall–Kier alpha value is -4.14. The van der Waals surface area contributed by atoms with Crippen LogP contribution in [0.3, 0.4) is 0 Å². The maximum Gasteiger partial charge on any atom is 0.344 e. The van der Waals surface area contributed by atoms with Gasteiger partial charge < -0.3 is 14.2 Å². The molecule has 1 saturated heterocycles. The van der Waals surface area contributed by atoms with Crippen molar-refractivity contribution in [2.24, 2.45) is 0 Å². The zero-order valence-corrected chi connectivity index (χ0v) is 18.8. The lowest BCUT2D eigenvalue weighted by Gasteiger charge is -2.27. The Bertz CT molecular complexity index is 1130. The summed E-state index contributed by atoms with van der Waals surface area (Å²) in [7, 11) is 1.42. The van der Waals surface area contributed by atoms with E-state index in [0.717, 1.165) is 16.0 Å². The van der Waals surface area contributed by atoms with E-state index in [2.05, 4.69) is 5.32 Å². The maximum absolute atomic E-state index is 13.1. The van der Waals surface area contributed by atoms with Gasteiger partial charge in [0.2, 0.25) is 0 Å². The number of carbonyl (C=O) groups excluding carboxylic acids is 4. The number of nitrogens with zero attached hydrogens (tertiary/aromatic N) is 1. The van der Waals surface area contributed by atoms with Gasteiger partial charge in [-0.25, -0.2) is 14.5 Å². The lowest BCUT2D eigenvalue weighted by Crippen LogP contribution is -2.54. The fourth-order valence-corrected chi connectivity index (χ4v) is 3.37. The Morgan fingerprint density at radius 3 is 2.36 bits per heavy atom. The van der Waals surface area contributed by atoms with Gasteiger partial charge in [-0.2, -0.15) is 0 Å². The van der Waals surface area contributed by atoms with Crippen molar-refractivity contribution in [1.29, 1.82) is 0 Å². The van der Waals surface area contributed by atoms with E-state index in [1.54, 1.807) is 37.3 Å². The minimum Gasteiger partial charge on any atom is -0.493 e. The molecule has 172 valence electrons. The molecule has 0 saturated carbocycles. The summed E-state index contributed by atoms with van der Waals surface area (Å²) >= 11 is 0. The summed E-state index contributed by atoms with van der Waals surface area (Å²) < 4.78 is 15.5. The molecule has 4 amide bonds. The number of benzene rings is 2. The number of carbonyl (C=O) groups is 4. The van der Waals surface area contributed by atoms with Crippen molar-refractivity contribution in [3.63, 3.8) is 0 Å². The molecule has 0 unspecified atom stereocenters. The highest BCUT2D eigenvalue weighted by atomic mass is 16.6. The number of amides is 4. The summed E-state index contributed by atoms with van der Waals surface area (Å²) in [6.45, 7) is 5.34. The molecule has 1 N–H and O–H groups in total. The topological polar surface area (TPSA) is 111 Å². The lowest BCUT2D eigenvalue weighted by atomic mass is 10.0. The lowest BCUT2D eigenvalue weighted by molar-refractivity contribution is -0.145. The van der Waals surface area contributed by atoms with E-state index in [4.69, 9.17) is 14.2 Å². The largest absolute Gasteiger partial charge is 0.493 e. The maximum atomic E-state index is 13.1. The number of barbiturate groups is 1. The average molecular weight is 452 g/mol. The van der Waals surface area contributed by atoms with E-state index in [1.807, 2.05) is 19.9 Å². The van der Waals surface area contributed by atoms with Crippen molar-refractivity contribution >= 4 is 35.6 Å². The number of urea groups is 1. The van der Waals surface area contributed by atoms with Gasteiger partial charge in [-0.05, 0) is 67.8 Å². The van der Waals surface area contributed by atoms with Crippen molar-refractivity contribution in [3.05, 3.63) is 58.7 Å². The predicted octanol–water partition coefficient (Wildman–Crippen LogP) is 2.92. The van der Waals surface area contributed by atoms with Crippen LogP contribution in [0.15, 0.2) is 42.0 Å². The monoisotopic (exact) mass is 452 g/mol. The van der Waals surface area contributed by atoms with Gasteiger partial charge in [0.05, 0.1) is 19.4 Å². The third kappa shape index (κ3) is 5.38. The molecule has 1 aliphatic heterocycles. The van der Waals surface area contributed by atoms with Gasteiger partial charge in [0.1, 0.15) is 5.57 Å². The van der Waals surface area contributed by atoms with Crippen molar-refractivity contribution in [2.75, 3.05) is 25.2 Å². The first-order valence-corrected chi connectivity index (χ1v) is 10.2. The van der Waals surface area contributed by atoms with E-state index < -0.39 is 23.8 Å².